The number of hydrogen-bond donors (Lipinski definition) is 1. The molecule has 0 bridgehead atoms. The van der Waals surface area contributed by atoms with Gasteiger partial charge in [-0.3, -0.25) is 0 Å². The van der Waals surface area contributed by atoms with Crippen molar-refractivity contribution < 1.29 is 0 Å². The van der Waals surface area contributed by atoms with Gasteiger partial charge >= 0.3 is 0 Å². The van der Waals surface area contributed by atoms with E-state index in [0.717, 1.165) is 12.2 Å². The lowest BCUT2D eigenvalue weighted by atomic mass is 10.1. The molecule has 1 aromatic heterocycles. The van der Waals surface area contributed by atoms with E-state index < -0.39 is 0 Å². The molecule has 0 fully saturated rings. The number of thioether (sulfide) groups is 1. The van der Waals surface area contributed by atoms with E-state index in [1.54, 1.807) is 0 Å². The third-order valence-electron chi connectivity index (χ3n) is 3.40. The van der Waals surface area contributed by atoms with Gasteiger partial charge in [0.05, 0.1) is 0 Å². The maximum absolute atomic E-state index is 3.81. The standard InChI is InChI=1S/C15H17NS2/c1-2-12(15-8-5-9-17-15)16-13-10-18-14-7-4-3-6-11(13)14/h3-9,12-13,16H,2,10H2,1H3. The van der Waals surface area contributed by atoms with Crippen molar-refractivity contribution in [2.75, 3.05) is 5.75 Å². The summed E-state index contributed by atoms with van der Waals surface area (Å²) in [5, 5.41) is 5.98. The summed E-state index contributed by atoms with van der Waals surface area (Å²) in [7, 11) is 0. The molecule has 2 aromatic rings. The van der Waals surface area contributed by atoms with E-state index >= 15 is 0 Å². The van der Waals surface area contributed by atoms with Gasteiger partial charge in [-0.05, 0) is 29.5 Å². The lowest BCUT2D eigenvalue weighted by molar-refractivity contribution is 0.467. The molecule has 2 atom stereocenters. The Morgan fingerprint density at radius 3 is 2.94 bits per heavy atom. The second-order valence-electron chi connectivity index (χ2n) is 4.54. The van der Waals surface area contributed by atoms with Crippen LogP contribution in [0.25, 0.3) is 0 Å². The summed E-state index contributed by atoms with van der Waals surface area (Å²) in [4.78, 5) is 2.89. The first-order valence-corrected chi connectivity index (χ1v) is 8.26. The Hall–Kier alpha value is -0.770. The number of benzene rings is 1. The molecule has 1 aromatic carbocycles. The van der Waals surface area contributed by atoms with Gasteiger partial charge in [0.25, 0.3) is 0 Å². The Morgan fingerprint density at radius 1 is 1.28 bits per heavy atom. The Kier molecular flexibility index (Phi) is 3.73. The molecule has 0 spiro atoms. The molecule has 18 heavy (non-hydrogen) atoms. The number of nitrogens with one attached hydrogen (secondary N) is 1. The summed E-state index contributed by atoms with van der Waals surface area (Å²) < 4.78 is 0. The van der Waals surface area contributed by atoms with Crippen molar-refractivity contribution in [2.24, 2.45) is 0 Å². The fourth-order valence-corrected chi connectivity index (χ4v) is 4.48. The molecule has 1 nitrogen and oxygen atoms in total. The van der Waals surface area contributed by atoms with Crippen LogP contribution in [0.3, 0.4) is 0 Å². The van der Waals surface area contributed by atoms with Gasteiger partial charge in [-0.15, -0.1) is 23.1 Å². The van der Waals surface area contributed by atoms with Crippen LogP contribution in [0.4, 0.5) is 0 Å². The van der Waals surface area contributed by atoms with Gasteiger partial charge in [-0.1, -0.05) is 31.2 Å². The number of rotatable bonds is 4. The second-order valence-corrected chi connectivity index (χ2v) is 6.59. The summed E-state index contributed by atoms with van der Waals surface area (Å²) in [6.07, 6.45) is 1.14. The van der Waals surface area contributed by atoms with Crippen LogP contribution >= 0.6 is 23.1 Å². The average Bonchev–Trinajstić information content (AvgIpc) is 3.06. The van der Waals surface area contributed by atoms with Crippen LogP contribution in [0, 0.1) is 0 Å². The van der Waals surface area contributed by atoms with Gasteiger partial charge in [-0.25, -0.2) is 0 Å². The van der Waals surface area contributed by atoms with Crippen LogP contribution in [0.15, 0.2) is 46.7 Å². The van der Waals surface area contributed by atoms with Crippen molar-refractivity contribution in [3.8, 4) is 0 Å². The SMILES string of the molecule is CCC(NC1CSc2ccccc21)c1cccs1. The first kappa shape index (κ1) is 12.3. The van der Waals surface area contributed by atoms with E-state index in [9.17, 15) is 0 Å². The van der Waals surface area contributed by atoms with Crippen molar-refractivity contribution in [3.63, 3.8) is 0 Å². The highest BCUT2D eigenvalue weighted by molar-refractivity contribution is 7.99. The fourth-order valence-electron chi connectivity index (χ4n) is 2.43. The Labute approximate surface area is 117 Å². The maximum Gasteiger partial charge on any atom is 0.0431 e. The normalized spacial score (nSPS) is 19.7. The quantitative estimate of drug-likeness (QED) is 0.872. The molecule has 3 heteroatoms. The summed E-state index contributed by atoms with van der Waals surface area (Å²) >= 11 is 3.82. The highest BCUT2D eigenvalue weighted by Crippen LogP contribution is 2.39. The third-order valence-corrected chi connectivity index (χ3v) is 5.57. The largest absolute Gasteiger partial charge is 0.302 e. The van der Waals surface area contributed by atoms with Gasteiger partial charge in [-0.2, -0.15) is 0 Å². The molecule has 3 rings (SSSR count). The highest BCUT2D eigenvalue weighted by Gasteiger charge is 2.25. The minimum absolute atomic E-state index is 0.488. The van der Waals surface area contributed by atoms with Crippen LogP contribution in [0.2, 0.25) is 0 Å². The van der Waals surface area contributed by atoms with Gasteiger partial charge in [0.2, 0.25) is 0 Å². The predicted molar refractivity (Wildman–Crippen MR) is 80.4 cm³/mol. The van der Waals surface area contributed by atoms with E-state index in [0.29, 0.717) is 12.1 Å². The highest BCUT2D eigenvalue weighted by atomic mass is 32.2. The van der Waals surface area contributed by atoms with E-state index in [2.05, 4.69) is 54.0 Å². The molecule has 1 N–H and O–H groups in total. The molecule has 0 amide bonds. The fraction of sp³-hybridized carbons (Fsp3) is 0.333. The van der Waals surface area contributed by atoms with Crippen molar-refractivity contribution >= 4 is 23.1 Å². The topological polar surface area (TPSA) is 12.0 Å². The molecule has 2 heterocycles. The van der Waals surface area contributed by atoms with Crippen LogP contribution in [0.1, 0.15) is 35.9 Å². The van der Waals surface area contributed by atoms with Crippen molar-refractivity contribution in [1.82, 2.24) is 5.32 Å². The smallest absolute Gasteiger partial charge is 0.0431 e. The predicted octanol–water partition coefficient (Wildman–Crippen LogP) is 4.64. The first-order valence-electron chi connectivity index (χ1n) is 6.39. The Bertz CT molecular complexity index is 507. The van der Waals surface area contributed by atoms with Crippen molar-refractivity contribution in [2.45, 2.75) is 30.3 Å². The number of thiophene rings is 1. The van der Waals surface area contributed by atoms with Gasteiger partial charge in [0.15, 0.2) is 0 Å². The zero-order valence-electron chi connectivity index (χ0n) is 10.4. The van der Waals surface area contributed by atoms with E-state index in [4.69, 9.17) is 0 Å². The summed E-state index contributed by atoms with van der Waals surface area (Å²) in [5.74, 6) is 1.15. The molecule has 1 aliphatic rings. The molecule has 1 aliphatic heterocycles. The van der Waals surface area contributed by atoms with Crippen molar-refractivity contribution in [3.05, 3.63) is 52.2 Å². The Morgan fingerprint density at radius 2 is 2.17 bits per heavy atom. The second kappa shape index (κ2) is 5.47. The van der Waals surface area contributed by atoms with E-state index in [1.165, 1.54) is 15.3 Å². The number of hydrogen-bond acceptors (Lipinski definition) is 3. The van der Waals surface area contributed by atoms with Crippen LogP contribution in [-0.2, 0) is 0 Å². The molecular weight excluding hydrogens is 258 g/mol. The van der Waals surface area contributed by atoms with Gasteiger partial charge in [0, 0.05) is 27.6 Å². The molecule has 0 saturated carbocycles. The minimum Gasteiger partial charge on any atom is -0.302 e. The lowest BCUT2D eigenvalue weighted by Crippen LogP contribution is -2.25. The van der Waals surface area contributed by atoms with Crippen LogP contribution in [-0.4, -0.2) is 5.75 Å². The van der Waals surface area contributed by atoms with Crippen molar-refractivity contribution in [1.29, 1.82) is 0 Å². The van der Waals surface area contributed by atoms with E-state index in [-0.39, 0.29) is 0 Å². The van der Waals surface area contributed by atoms with Gasteiger partial charge in [0.1, 0.15) is 0 Å². The average molecular weight is 275 g/mol. The summed E-state index contributed by atoms with van der Waals surface area (Å²) in [6.45, 7) is 2.26. The maximum atomic E-state index is 3.81. The van der Waals surface area contributed by atoms with Crippen LogP contribution < -0.4 is 5.32 Å². The lowest BCUT2D eigenvalue weighted by Gasteiger charge is -2.21. The third kappa shape index (κ3) is 2.35. The number of fused-ring (bicyclic) bond motifs is 1. The monoisotopic (exact) mass is 275 g/mol. The van der Waals surface area contributed by atoms with Gasteiger partial charge < -0.3 is 5.32 Å². The Balaban J connectivity index is 1.77. The molecule has 0 saturated heterocycles. The first-order chi connectivity index (χ1) is 8.88. The zero-order chi connectivity index (χ0) is 12.4. The molecule has 2 unspecified atom stereocenters. The van der Waals surface area contributed by atoms with E-state index in [1.807, 2.05) is 23.1 Å². The zero-order valence-corrected chi connectivity index (χ0v) is 12.1. The van der Waals surface area contributed by atoms with Crippen LogP contribution in [0.5, 0.6) is 0 Å². The summed E-state index contributed by atoms with van der Waals surface area (Å²) in [5.41, 5.74) is 1.47. The molecular formula is C15H17NS2. The molecule has 94 valence electrons. The molecule has 0 radical (unpaired) electrons. The molecule has 0 aliphatic carbocycles. The summed E-state index contributed by atoms with van der Waals surface area (Å²) in [6, 6.07) is 14.1. The minimum atomic E-state index is 0.488.